The standard InChI is InChI=1S/C44H52Si/c1-7-15-31-17-9-11-19-33(31)35-21-13-23-37-41(35)25-39(29(3)4)43(37)27-45-28-44-38-24-14-22-36(42(38)26-40(44)30(5)6)34-20-12-10-18-32(34)16-8-2/h9-14,17-26,29-30,43-44H,7-8,15-16,27-28,45H2,1-6H3. The summed E-state index contributed by atoms with van der Waals surface area (Å²) in [5.41, 5.74) is 18.1. The number of aryl methyl sites for hydroxylation is 2. The highest BCUT2D eigenvalue weighted by molar-refractivity contribution is 6.36. The van der Waals surface area contributed by atoms with Gasteiger partial charge in [0, 0.05) is 21.4 Å². The zero-order valence-electron chi connectivity index (χ0n) is 28.5. The molecule has 0 saturated heterocycles. The molecule has 6 rings (SSSR count). The third-order valence-corrected chi connectivity index (χ3v) is 12.4. The summed E-state index contributed by atoms with van der Waals surface area (Å²) in [6.45, 7) is 14.2. The summed E-state index contributed by atoms with van der Waals surface area (Å²) in [5.74, 6) is 2.28. The second-order valence-corrected chi connectivity index (χ2v) is 15.9. The average Bonchev–Trinajstić information content (AvgIpc) is 3.61. The third-order valence-electron chi connectivity index (χ3n) is 10.4. The van der Waals surface area contributed by atoms with Crippen LogP contribution < -0.4 is 0 Å². The molecule has 0 radical (unpaired) electrons. The molecular weight excluding hydrogens is 557 g/mol. The lowest BCUT2D eigenvalue weighted by Gasteiger charge is -2.23. The molecule has 0 fully saturated rings. The summed E-state index contributed by atoms with van der Waals surface area (Å²) in [6.07, 6.45) is 9.80. The molecule has 2 unspecified atom stereocenters. The minimum absolute atomic E-state index is 0.318. The second kappa shape index (κ2) is 13.9. The highest BCUT2D eigenvalue weighted by atomic mass is 28.2. The monoisotopic (exact) mass is 608 g/mol. The van der Waals surface area contributed by atoms with Crippen molar-refractivity contribution in [3.05, 3.63) is 129 Å². The minimum Gasteiger partial charge on any atom is -0.0651 e. The van der Waals surface area contributed by atoms with Crippen molar-refractivity contribution in [2.24, 2.45) is 11.8 Å². The highest BCUT2D eigenvalue weighted by Crippen LogP contribution is 2.49. The Morgan fingerprint density at radius 2 is 0.911 bits per heavy atom. The second-order valence-electron chi connectivity index (χ2n) is 14.1. The molecule has 2 aliphatic carbocycles. The van der Waals surface area contributed by atoms with Crippen molar-refractivity contribution in [3.8, 4) is 22.3 Å². The zero-order chi connectivity index (χ0) is 31.5. The molecular formula is C44H52Si. The quantitative estimate of drug-likeness (QED) is 0.140. The molecule has 1 heteroatoms. The molecule has 0 N–H and O–H groups in total. The maximum Gasteiger partial charge on any atom is 0.0218 e. The highest BCUT2D eigenvalue weighted by Gasteiger charge is 2.32. The van der Waals surface area contributed by atoms with Gasteiger partial charge in [-0.1, -0.05) is 175 Å². The van der Waals surface area contributed by atoms with Crippen molar-refractivity contribution in [1.82, 2.24) is 0 Å². The lowest BCUT2D eigenvalue weighted by Crippen LogP contribution is -2.11. The van der Waals surface area contributed by atoms with E-state index in [2.05, 4.69) is 139 Å². The van der Waals surface area contributed by atoms with Crippen molar-refractivity contribution in [3.63, 3.8) is 0 Å². The minimum atomic E-state index is -0.318. The van der Waals surface area contributed by atoms with Gasteiger partial charge in [0.25, 0.3) is 0 Å². The van der Waals surface area contributed by atoms with Gasteiger partial charge in [0.1, 0.15) is 0 Å². The van der Waals surface area contributed by atoms with E-state index in [1.54, 1.807) is 22.3 Å². The van der Waals surface area contributed by atoms with Crippen molar-refractivity contribution >= 4 is 21.7 Å². The summed E-state index contributed by atoms with van der Waals surface area (Å²) >= 11 is 0. The summed E-state index contributed by atoms with van der Waals surface area (Å²) in [5, 5.41) is 0. The Bertz CT molecular complexity index is 1590. The first-order chi connectivity index (χ1) is 21.9. The van der Waals surface area contributed by atoms with E-state index in [9.17, 15) is 0 Å². The number of allylic oxidation sites excluding steroid dienone is 2. The Kier molecular flexibility index (Phi) is 9.76. The Balaban J connectivity index is 1.28. The molecule has 0 aromatic heterocycles. The van der Waals surface area contributed by atoms with Crippen LogP contribution in [0.2, 0.25) is 12.1 Å². The Morgan fingerprint density at radius 1 is 0.511 bits per heavy atom. The van der Waals surface area contributed by atoms with Gasteiger partial charge in [0.05, 0.1) is 0 Å². The van der Waals surface area contributed by atoms with Gasteiger partial charge in [-0.25, -0.2) is 0 Å². The van der Waals surface area contributed by atoms with E-state index in [4.69, 9.17) is 0 Å². The van der Waals surface area contributed by atoms with Crippen LogP contribution in [0.25, 0.3) is 34.4 Å². The number of benzene rings is 4. The molecule has 2 aliphatic rings. The molecule has 0 nitrogen and oxygen atoms in total. The van der Waals surface area contributed by atoms with Crippen molar-refractivity contribution in [1.29, 1.82) is 0 Å². The van der Waals surface area contributed by atoms with Gasteiger partial charge in [-0.15, -0.1) is 0 Å². The van der Waals surface area contributed by atoms with Crippen molar-refractivity contribution < 1.29 is 0 Å². The van der Waals surface area contributed by atoms with Gasteiger partial charge in [0.2, 0.25) is 0 Å². The zero-order valence-corrected chi connectivity index (χ0v) is 29.9. The Hall–Kier alpha value is -3.42. The van der Waals surface area contributed by atoms with E-state index in [1.807, 2.05) is 0 Å². The van der Waals surface area contributed by atoms with Crippen LogP contribution in [-0.2, 0) is 12.8 Å². The summed E-state index contributed by atoms with van der Waals surface area (Å²) in [6, 6.07) is 35.2. The lowest BCUT2D eigenvalue weighted by molar-refractivity contribution is 0.686. The van der Waals surface area contributed by atoms with Crippen LogP contribution in [0.3, 0.4) is 0 Å². The van der Waals surface area contributed by atoms with E-state index >= 15 is 0 Å². The van der Waals surface area contributed by atoms with Gasteiger partial charge in [-0.3, -0.25) is 0 Å². The molecule has 0 aliphatic heterocycles. The first-order valence-corrected chi connectivity index (χ1v) is 19.8. The molecule has 0 bridgehead atoms. The molecule has 232 valence electrons. The molecule has 4 aromatic rings. The summed E-state index contributed by atoms with van der Waals surface area (Å²) in [7, 11) is -0.318. The summed E-state index contributed by atoms with van der Waals surface area (Å²) < 4.78 is 0. The van der Waals surface area contributed by atoms with Gasteiger partial charge in [-0.05, 0) is 80.3 Å². The van der Waals surface area contributed by atoms with Crippen LogP contribution in [0.1, 0.15) is 99.6 Å². The normalized spacial score (nSPS) is 17.3. The largest absolute Gasteiger partial charge is 0.0651 e. The smallest absolute Gasteiger partial charge is 0.0218 e. The van der Waals surface area contributed by atoms with E-state index in [-0.39, 0.29) is 9.52 Å². The topological polar surface area (TPSA) is 0 Å². The predicted octanol–water partition coefficient (Wildman–Crippen LogP) is 11.9. The Morgan fingerprint density at radius 3 is 1.31 bits per heavy atom. The van der Waals surface area contributed by atoms with Crippen molar-refractivity contribution in [2.45, 2.75) is 91.1 Å². The molecule has 0 heterocycles. The SMILES string of the molecule is CCCc1ccccc1-c1cccc2c1C=C(C(C)C)C2C[SiH2]CC1C(C(C)C)=Cc2c(-c3ccccc3CCC)cccc21. The maximum atomic E-state index is 2.58. The lowest BCUT2D eigenvalue weighted by atomic mass is 9.88. The number of hydrogen-bond donors (Lipinski definition) is 0. The molecule has 0 amide bonds. The fraction of sp³-hybridized carbons (Fsp3) is 0.364. The van der Waals surface area contributed by atoms with Crippen LogP contribution in [0.5, 0.6) is 0 Å². The maximum absolute atomic E-state index is 2.58. The van der Waals surface area contributed by atoms with Gasteiger partial charge in [-0.2, -0.15) is 0 Å². The van der Waals surface area contributed by atoms with E-state index < -0.39 is 0 Å². The fourth-order valence-corrected chi connectivity index (χ4v) is 10.6. The van der Waals surface area contributed by atoms with Gasteiger partial charge < -0.3 is 0 Å². The first-order valence-electron chi connectivity index (χ1n) is 17.8. The molecule has 4 aromatic carbocycles. The average molecular weight is 609 g/mol. The Labute approximate surface area is 275 Å². The van der Waals surface area contributed by atoms with Crippen LogP contribution in [-0.4, -0.2) is 9.52 Å². The molecule has 2 atom stereocenters. The third kappa shape index (κ3) is 6.21. The molecule has 0 saturated carbocycles. The van der Waals surface area contributed by atoms with Crippen molar-refractivity contribution in [2.75, 3.05) is 0 Å². The first kappa shape index (κ1) is 31.6. The van der Waals surface area contributed by atoms with E-state index in [0.29, 0.717) is 23.7 Å². The number of hydrogen-bond acceptors (Lipinski definition) is 0. The van der Waals surface area contributed by atoms with Crippen LogP contribution >= 0.6 is 0 Å². The number of fused-ring (bicyclic) bond motifs is 2. The van der Waals surface area contributed by atoms with Gasteiger partial charge >= 0.3 is 0 Å². The molecule has 45 heavy (non-hydrogen) atoms. The van der Waals surface area contributed by atoms with E-state index in [0.717, 1.165) is 12.8 Å². The molecule has 0 spiro atoms. The van der Waals surface area contributed by atoms with Gasteiger partial charge in [0.15, 0.2) is 0 Å². The van der Waals surface area contributed by atoms with Crippen LogP contribution in [0, 0.1) is 11.8 Å². The number of rotatable bonds is 12. The summed E-state index contributed by atoms with van der Waals surface area (Å²) in [4.78, 5) is 0. The van der Waals surface area contributed by atoms with E-state index in [1.165, 1.54) is 69.4 Å². The fourth-order valence-electron chi connectivity index (χ4n) is 8.31. The van der Waals surface area contributed by atoms with Crippen LogP contribution in [0.15, 0.2) is 96.1 Å². The predicted molar refractivity (Wildman–Crippen MR) is 201 cm³/mol. The van der Waals surface area contributed by atoms with Crippen LogP contribution in [0.4, 0.5) is 0 Å².